The molecule has 1 N–H and O–H groups in total. The minimum absolute atomic E-state index is 0.142. The maximum atomic E-state index is 12.9. The number of nitrogens with zero attached hydrogens (tertiary/aromatic N) is 5. The summed E-state index contributed by atoms with van der Waals surface area (Å²) in [7, 11) is 1.91. The molecule has 1 amide bonds. The van der Waals surface area contributed by atoms with Crippen molar-refractivity contribution in [3.8, 4) is 16.3 Å². The summed E-state index contributed by atoms with van der Waals surface area (Å²) in [6.45, 7) is 4.56. The predicted molar refractivity (Wildman–Crippen MR) is 118 cm³/mol. The lowest BCUT2D eigenvalue weighted by atomic mass is 10.1. The molecule has 4 aromatic heterocycles. The van der Waals surface area contributed by atoms with E-state index < -0.39 is 0 Å². The topological polar surface area (TPSA) is 77.6 Å². The van der Waals surface area contributed by atoms with Gasteiger partial charge in [0.2, 0.25) is 0 Å². The first kappa shape index (κ1) is 20.0. The Labute approximate surface area is 179 Å². The summed E-state index contributed by atoms with van der Waals surface area (Å²) < 4.78 is 3.68. The highest BCUT2D eigenvalue weighted by Gasteiger charge is 2.19. The summed E-state index contributed by atoms with van der Waals surface area (Å²) in [6, 6.07) is 6.19. The lowest BCUT2D eigenvalue weighted by molar-refractivity contribution is 0.0949. The maximum Gasteiger partial charge on any atom is 0.255 e. The van der Waals surface area contributed by atoms with E-state index in [0.717, 1.165) is 41.2 Å². The van der Waals surface area contributed by atoms with Crippen molar-refractivity contribution in [1.82, 2.24) is 29.6 Å². The van der Waals surface area contributed by atoms with Gasteiger partial charge in [-0.3, -0.25) is 4.79 Å². The molecule has 0 aliphatic carbocycles. The highest BCUT2D eigenvalue weighted by molar-refractivity contribution is 7.13. The van der Waals surface area contributed by atoms with Crippen LogP contribution < -0.4 is 5.32 Å². The van der Waals surface area contributed by atoms with Crippen molar-refractivity contribution in [3.05, 3.63) is 71.0 Å². The highest BCUT2D eigenvalue weighted by Crippen LogP contribution is 2.29. The van der Waals surface area contributed by atoms with Crippen molar-refractivity contribution < 1.29 is 4.79 Å². The molecule has 0 aliphatic rings. The third-order valence-corrected chi connectivity index (χ3v) is 5.94. The van der Waals surface area contributed by atoms with Gasteiger partial charge in [-0.05, 0) is 42.0 Å². The van der Waals surface area contributed by atoms with Crippen LogP contribution in [-0.2, 0) is 20.0 Å². The highest BCUT2D eigenvalue weighted by atomic mass is 32.1. The molecule has 0 atom stereocenters. The molecule has 4 rings (SSSR count). The van der Waals surface area contributed by atoms with E-state index in [1.54, 1.807) is 34.7 Å². The van der Waals surface area contributed by atoms with E-state index >= 15 is 0 Å². The van der Waals surface area contributed by atoms with Gasteiger partial charge in [-0.25, -0.2) is 14.6 Å². The van der Waals surface area contributed by atoms with Crippen LogP contribution in [0.4, 0.5) is 0 Å². The third kappa shape index (κ3) is 3.91. The molecule has 0 unspecified atom stereocenters. The number of hydrogen-bond acceptors (Lipinski definition) is 5. The van der Waals surface area contributed by atoms with Gasteiger partial charge >= 0.3 is 0 Å². The number of pyridine rings is 1. The van der Waals surface area contributed by atoms with E-state index in [1.165, 1.54) is 4.88 Å². The summed E-state index contributed by atoms with van der Waals surface area (Å²) in [5.41, 5.74) is 4.64. The predicted octanol–water partition coefficient (Wildman–Crippen LogP) is 3.92. The molecule has 0 saturated carbocycles. The Kier molecular flexibility index (Phi) is 5.76. The smallest absolute Gasteiger partial charge is 0.255 e. The van der Waals surface area contributed by atoms with Crippen LogP contribution in [0.15, 0.2) is 48.5 Å². The first-order chi connectivity index (χ1) is 14.6. The number of hydrogen-bond donors (Lipinski definition) is 1. The summed E-state index contributed by atoms with van der Waals surface area (Å²) in [4.78, 5) is 22.8. The van der Waals surface area contributed by atoms with Crippen molar-refractivity contribution in [1.29, 1.82) is 0 Å². The van der Waals surface area contributed by atoms with E-state index in [2.05, 4.69) is 45.7 Å². The average Bonchev–Trinajstić information content (AvgIpc) is 3.48. The molecular weight excluding hydrogens is 396 g/mol. The number of thiophene rings is 1. The molecule has 0 radical (unpaired) electrons. The van der Waals surface area contributed by atoms with Gasteiger partial charge in [-0.1, -0.05) is 19.4 Å². The van der Waals surface area contributed by atoms with Crippen LogP contribution in [0.1, 0.15) is 40.7 Å². The third-order valence-electron chi connectivity index (χ3n) is 5.04. The number of aryl methyl sites for hydroxylation is 2. The lowest BCUT2D eigenvalue weighted by Gasteiger charge is -2.11. The molecule has 4 aromatic rings. The van der Waals surface area contributed by atoms with E-state index in [4.69, 9.17) is 0 Å². The largest absolute Gasteiger partial charge is 0.346 e. The van der Waals surface area contributed by atoms with Crippen LogP contribution in [0.3, 0.4) is 0 Å². The molecule has 4 heterocycles. The monoisotopic (exact) mass is 420 g/mol. The van der Waals surface area contributed by atoms with Gasteiger partial charge in [0.15, 0.2) is 5.82 Å². The van der Waals surface area contributed by atoms with Gasteiger partial charge in [0.1, 0.15) is 0 Å². The van der Waals surface area contributed by atoms with Crippen LogP contribution in [0.5, 0.6) is 0 Å². The summed E-state index contributed by atoms with van der Waals surface area (Å²) in [5, 5.41) is 9.56. The molecule has 154 valence electrons. The van der Waals surface area contributed by atoms with E-state index in [0.29, 0.717) is 12.1 Å². The number of carbonyl (C=O) groups is 1. The lowest BCUT2D eigenvalue weighted by Crippen LogP contribution is -2.25. The Morgan fingerprint density at radius 3 is 2.83 bits per heavy atom. The Morgan fingerprint density at radius 1 is 1.27 bits per heavy atom. The van der Waals surface area contributed by atoms with Crippen molar-refractivity contribution in [2.24, 2.45) is 7.05 Å². The Morgan fingerprint density at radius 2 is 2.13 bits per heavy atom. The average molecular weight is 421 g/mol. The molecule has 0 bridgehead atoms. The number of carbonyl (C=O) groups excluding carboxylic acids is 1. The van der Waals surface area contributed by atoms with E-state index in [1.807, 2.05) is 29.9 Å². The van der Waals surface area contributed by atoms with E-state index in [-0.39, 0.29) is 5.91 Å². The Balaban J connectivity index is 1.65. The van der Waals surface area contributed by atoms with Gasteiger partial charge in [-0.2, -0.15) is 5.10 Å². The molecule has 7 nitrogen and oxygen atoms in total. The van der Waals surface area contributed by atoms with Crippen molar-refractivity contribution in [2.45, 2.75) is 33.2 Å². The zero-order valence-corrected chi connectivity index (χ0v) is 18.1. The number of amides is 1. The van der Waals surface area contributed by atoms with Crippen molar-refractivity contribution >= 4 is 17.2 Å². The molecule has 0 aliphatic heterocycles. The number of nitrogens with one attached hydrogen (secondary N) is 1. The van der Waals surface area contributed by atoms with Gasteiger partial charge < -0.3 is 9.88 Å². The zero-order valence-electron chi connectivity index (χ0n) is 17.3. The second kappa shape index (κ2) is 8.62. The van der Waals surface area contributed by atoms with Gasteiger partial charge in [0.25, 0.3) is 5.91 Å². The van der Waals surface area contributed by atoms with Gasteiger partial charge in [0, 0.05) is 24.3 Å². The molecule has 0 saturated heterocycles. The minimum atomic E-state index is -0.142. The van der Waals surface area contributed by atoms with Crippen LogP contribution in [-0.4, -0.2) is 30.2 Å². The Bertz CT molecular complexity index is 1160. The van der Waals surface area contributed by atoms with Crippen LogP contribution in [0.25, 0.3) is 16.3 Å². The number of aromatic nitrogens is 5. The standard InChI is InChI=1S/C22H24N6OS/c1-4-6-19-18(22(29)25-12-16-11-23-14-27(16)3)13-26-28(19)21-9-17(15(2)10-24-21)20-7-5-8-30-20/h5,7-11,13-14H,4,6,12H2,1-3H3,(H,25,29). The number of imidazole rings is 1. The SMILES string of the molecule is CCCc1c(C(=O)NCc2cncn2C)cnn1-c1cc(-c2cccs2)c(C)cn1. The minimum Gasteiger partial charge on any atom is -0.346 e. The summed E-state index contributed by atoms with van der Waals surface area (Å²) in [5.74, 6) is 0.578. The molecule has 0 spiro atoms. The maximum absolute atomic E-state index is 12.9. The summed E-state index contributed by atoms with van der Waals surface area (Å²) >= 11 is 1.70. The first-order valence-electron chi connectivity index (χ1n) is 9.89. The quantitative estimate of drug-likeness (QED) is 0.492. The van der Waals surface area contributed by atoms with Gasteiger partial charge in [-0.15, -0.1) is 11.3 Å². The normalized spacial score (nSPS) is 11.0. The van der Waals surface area contributed by atoms with Crippen molar-refractivity contribution in [2.75, 3.05) is 0 Å². The molecule has 8 heteroatoms. The van der Waals surface area contributed by atoms with Crippen molar-refractivity contribution in [3.63, 3.8) is 0 Å². The first-order valence-corrected chi connectivity index (χ1v) is 10.8. The molecular formula is C22H24N6OS. The van der Waals surface area contributed by atoms with Gasteiger partial charge in [0.05, 0.1) is 36.0 Å². The van der Waals surface area contributed by atoms with E-state index in [9.17, 15) is 4.79 Å². The number of rotatable bonds is 7. The zero-order chi connectivity index (χ0) is 21.1. The fourth-order valence-electron chi connectivity index (χ4n) is 3.39. The molecule has 30 heavy (non-hydrogen) atoms. The molecule has 0 fully saturated rings. The second-order valence-electron chi connectivity index (χ2n) is 7.18. The van der Waals surface area contributed by atoms with Crippen LogP contribution in [0, 0.1) is 6.92 Å². The van der Waals surface area contributed by atoms with Crippen LogP contribution >= 0.6 is 11.3 Å². The second-order valence-corrected chi connectivity index (χ2v) is 8.13. The summed E-state index contributed by atoms with van der Waals surface area (Å²) in [6.07, 6.45) is 8.60. The fraction of sp³-hybridized carbons (Fsp3) is 0.273. The fourth-order valence-corrected chi connectivity index (χ4v) is 4.19. The molecule has 0 aromatic carbocycles. The van der Waals surface area contributed by atoms with Crippen LogP contribution in [0.2, 0.25) is 0 Å². The Hall–Kier alpha value is -3.26.